The summed E-state index contributed by atoms with van der Waals surface area (Å²) < 4.78 is 7.16. The first-order chi connectivity index (χ1) is 17.9. The Morgan fingerprint density at radius 3 is 2.51 bits per heavy atom. The summed E-state index contributed by atoms with van der Waals surface area (Å²) in [6.07, 6.45) is 0. The molecule has 4 aromatic rings. The average molecular weight is 517 g/mol. The van der Waals surface area contributed by atoms with Crippen LogP contribution in [0, 0.1) is 17.0 Å². The molecule has 37 heavy (non-hydrogen) atoms. The molecular weight excluding hydrogens is 492 g/mol. The van der Waals surface area contributed by atoms with Gasteiger partial charge in [0, 0.05) is 28.9 Å². The highest BCUT2D eigenvalue weighted by Crippen LogP contribution is 2.29. The summed E-state index contributed by atoms with van der Waals surface area (Å²) in [7, 11) is 1.61. The Kier molecular flexibility index (Phi) is 7.94. The number of nitro groups is 1. The molecule has 4 rings (SSSR count). The lowest BCUT2D eigenvalue weighted by atomic mass is 10.1. The molecule has 0 fully saturated rings. The SMILES string of the molecule is COc1ccc(-c2nnc(SCC(=O)NN=C(C)c3cccc([N+](=O)[O-])c3)n2-c2ccc(C)cc2)cc1. The number of hydrogen-bond acceptors (Lipinski definition) is 8. The van der Waals surface area contributed by atoms with Gasteiger partial charge in [-0.2, -0.15) is 5.10 Å². The van der Waals surface area contributed by atoms with Gasteiger partial charge < -0.3 is 4.74 Å². The minimum Gasteiger partial charge on any atom is -0.497 e. The normalized spacial score (nSPS) is 11.3. The standard InChI is InChI=1S/C26H24N6O4S/c1-17-7-11-21(12-8-17)31-25(19-9-13-23(36-3)14-10-19)29-30-26(31)37-16-24(33)28-27-18(2)20-5-4-6-22(15-20)32(34)35/h4-15H,16H2,1-3H3,(H,28,33). The summed E-state index contributed by atoms with van der Waals surface area (Å²) in [5, 5.41) is 24.4. The molecule has 0 saturated carbocycles. The van der Waals surface area contributed by atoms with E-state index in [1.165, 1.54) is 23.9 Å². The van der Waals surface area contributed by atoms with Crippen LogP contribution >= 0.6 is 11.8 Å². The third-order valence-electron chi connectivity index (χ3n) is 5.43. The van der Waals surface area contributed by atoms with Crippen LogP contribution in [0.1, 0.15) is 18.1 Å². The molecule has 1 heterocycles. The van der Waals surface area contributed by atoms with E-state index in [1.807, 2.05) is 60.0 Å². The molecule has 1 aromatic heterocycles. The van der Waals surface area contributed by atoms with Crippen LogP contribution in [0.5, 0.6) is 5.75 Å². The number of amides is 1. The summed E-state index contributed by atoms with van der Waals surface area (Å²) in [6.45, 7) is 3.68. The third kappa shape index (κ3) is 6.19. The number of thioether (sulfide) groups is 1. The predicted octanol–water partition coefficient (Wildman–Crippen LogP) is 4.79. The van der Waals surface area contributed by atoms with Crippen molar-refractivity contribution in [3.05, 3.63) is 94.0 Å². The van der Waals surface area contributed by atoms with Crippen molar-refractivity contribution in [3.63, 3.8) is 0 Å². The van der Waals surface area contributed by atoms with Gasteiger partial charge in [0.15, 0.2) is 11.0 Å². The Balaban J connectivity index is 1.52. The van der Waals surface area contributed by atoms with Crippen LogP contribution in [0.2, 0.25) is 0 Å². The molecule has 0 aliphatic rings. The van der Waals surface area contributed by atoms with E-state index in [4.69, 9.17) is 4.74 Å². The van der Waals surface area contributed by atoms with Crippen molar-refractivity contribution in [1.29, 1.82) is 0 Å². The minimum absolute atomic E-state index is 0.0400. The molecule has 0 spiro atoms. The Hall–Kier alpha value is -4.51. The van der Waals surface area contributed by atoms with Crippen molar-refractivity contribution in [1.82, 2.24) is 20.2 Å². The first-order valence-corrected chi connectivity index (χ1v) is 12.2. The largest absolute Gasteiger partial charge is 0.497 e. The first kappa shape index (κ1) is 25.6. The lowest BCUT2D eigenvalue weighted by Crippen LogP contribution is -2.21. The number of rotatable bonds is 9. The van der Waals surface area contributed by atoms with E-state index in [0.717, 1.165) is 22.6 Å². The third-order valence-corrected chi connectivity index (χ3v) is 6.36. The van der Waals surface area contributed by atoms with Crippen molar-refractivity contribution >= 4 is 29.1 Å². The molecule has 0 saturated heterocycles. The van der Waals surface area contributed by atoms with E-state index >= 15 is 0 Å². The minimum atomic E-state index is -0.476. The predicted molar refractivity (Wildman–Crippen MR) is 142 cm³/mol. The fraction of sp³-hybridized carbons (Fsp3) is 0.154. The van der Waals surface area contributed by atoms with Gasteiger partial charge in [-0.25, -0.2) is 5.43 Å². The zero-order valence-corrected chi connectivity index (χ0v) is 21.2. The van der Waals surface area contributed by atoms with Gasteiger partial charge in [0.2, 0.25) is 0 Å². The molecule has 0 aliphatic carbocycles. The fourth-order valence-corrected chi connectivity index (χ4v) is 4.18. The summed E-state index contributed by atoms with van der Waals surface area (Å²) in [5.41, 5.74) is 6.29. The maximum atomic E-state index is 12.5. The quantitative estimate of drug-likeness (QED) is 0.147. The second-order valence-electron chi connectivity index (χ2n) is 8.03. The smallest absolute Gasteiger partial charge is 0.270 e. The van der Waals surface area contributed by atoms with E-state index in [-0.39, 0.29) is 17.3 Å². The number of benzene rings is 3. The van der Waals surface area contributed by atoms with Gasteiger partial charge in [0.25, 0.3) is 11.6 Å². The number of aromatic nitrogens is 3. The molecule has 1 amide bonds. The van der Waals surface area contributed by atoms with Crippen molar-refractivity contribution in [3.8, 4) is 22.8 Å². The number of aryl methyl sites for hydroxylation is 1. The molecule has 10 nitrogen and oxygen atoms in total. The van der Waals surface area contributed by atoms with Crippen LogP contribution in [0.25, 0.3) is 17.1 Å². The molecule has 0 aliphatic heterocycles. The van der Waals surface area contributed by atoms with Crippen LogP contribution in [0.4, 0.5) is 5.69 Å². The second kappa shape index (κ2) is 11.5. The molecule has 0 radical (unpaired) electrons. The van der Waals surface area contributed by atoms with Gasteiger partial charge in [0.05, 0.1) is 23.5 Å². The maximum absolute atomic E-state index is 12.5. The lowest BCUT2D eigenvalue weighted by molar-refractivity contribution is -0.384. The monoisotopic (exact) mass is 516 g/mol. The van der Waals surface area contributed by atoms with Crippen LogP contribution in [0.15, 0.2) is 83.1 Å². The van der Waals surface area contributed by atoms with Crippen LogP contribution in [-0.4, -0.2) is 44.2 Å². The zero-order chi connectivity index (χ0) is 26.4. The van der Waals surface area contributed by atoms with E-state index < -0.39 is 4.92 Å². The number of ether oxygens (including phenoxy) is 1. The molecule has 0 unspecified atom stereocenters. The van der Waals surface area contributed by atoms with Crippen LogP contribution in [0.3, 0.4) is 0 Å². The molecule has 3 aromatic carbocycles. The maximum Gasteiger partial charge on any atom is 0.270 e. The number of hydrogen-bond donors (Lipinski definition) is 1. The van der Waals surface area contributed by atoms with Gasteiger partial charge in [0.1, 0.15) is 5.75 Å². The average Bonchev–Trinajstić information content (AvgIpc) is 3.35. The molecule has 188 valence electrons. The molecule has 1 N–H and O–H groups in total. The Labute approximate surface area is 217 Å². The topological polar surface area (TPSA) is 125 Å². The summed E-state index contributed by atoms with van der Waals surface area (Å²) in [5.74, 6) is 1.06. The van der Waals surface area contributed by atoms with Gasteiger partial charge in [-0.05, 0) is 50.2 Å². The van der Waals surface area contributed by atoms with Gasteiger partial charge in [-0.15, -0.1) is 10.2 Å². The first-order valence-electron chi connectivity index (χ1n) is 11.2. The number of nitrogens with zero attached hydrogens (tertiary/aromatic N) is 5. The highest BCUT2D eigenvalue weighted by atomic mass is 32.2. The number of nitro benzene ring substituents is 1. The number of carbonyl (C=O) groups excluding carboxylic acids is 1. The number of nitrogens with one attached hydrogen (secondary N) is 1. The van der Waals surface area contributed by atoms with Crippen molar-refractivity contribution in [2.75, 3.05) is 12.9 Å². The Morgan fingerprint density at radius 1 is 1.11 bits per heavy atom. The molecular formula is C26H24N6O4S. The van der Waals surface area contributed by atoms with E-state index in [2.05, 4.69) is 20.7 Å². The Bertz CT molecular complexity index is 1450. The number of methoxy groups -OCH3 is 1. The van der Waals surface area contributed by atoms with Crippen molar-refractivity contribution < 1.29 is 14.5 Å². The van der Waals surface area contributed by atoms with Crippen molar-refractivity contribution in [2.45, 2.75) is 19.0 Å². The summed E-state index contributed by atoms with van der Waals surface area (Å²) >= 11 is 1.23. The van der Waals surface area contributed by atoms with Crippen molar-refractivity contribution in [2.24, 2.45) is 5.10 Å². The summed E-state index contributed by atoms with van der Waals surface area (Å²) in [6, 6.07) is 21.5. The van der Waals surface area contributed by atoms with E-state index in [1.54, 1.807) is 26.2 Å². The van der Waals surface area contributed by atoms with E-state index in [0.29, 0.717) is 22.3 Å². The summed E-state index contributed by atoms with van der Waals surface area (Å²) in [4.78, 5) is 23.1. The zero-order valence-electron chi connectivity index (χ0n) is 20.4. The number of hydrazone groups is 1. The second-order valence-corrected chi connectivity index (χ2v) is 8.98. The van der Waals surface area contributed by atoms with Gasteiger partial charge in [-0.3, -0.25) is 19.5 Å². The van der Waals surface area contributed by atoms with E-state index in [9.17, 15) is 14.9 Å². The fourth-order valence-electron chi connectivity index (χ4n) is 3.43. The highest BCUT2D eigenvalue weighted by Gasteiger charge is 2.17. The van der Waals surface area contributed by atoms with Gasteiger partial charge >= 0.3 is 0 Å². The van der Waals surface area contributed by atoms with Gasteiger partial charge in [-0.1, -0.05) is 41.6 Å². The number of carbonyl (C=O) groups is 1. The highest BCUT2D eigenvalue weighted by molar-refractivity contribution is 7.99. The molecule has 11 heteroatoms. The Morgan fingerprint density at radius 2 is 1.84 bits per heavy atom. The van der Waals surface area contributed by atoms with Crippen LogP contribution < -0.4 is 10.2 Å². The number of non-ortho nitro benzene ring substituents is 1. The molecule has 0 atom stereocenters. The lowest BCUT2D eigenvalue weighted by Gasteiger charge is -2.11. The van der Waals surface area contributed by atoms with Crippen LogP contribution in [-0.2, 0) is 4.79 Å². The molecule has 0 bridgehead atoms.